The van der Waals surface area contributed by atoms with E-state index in [4.69, 9.17) is 5.11 Å². The van der Waals surface area contributed by atoms with Gasteiger partial charge < -0.3 is 15.3 Å². The average Bonchev–Trinajstić information content (AvgIpc) is 2.53. The van der Waals surface area contributed by atoms with Crippen molar-refractivity contribution >= 4 is 23.2 Å². The van der Waals surface area contributed by atoms with Gasteiger partial charge in [0.15, 0.2) is 0 Å². The van der Waals surface area contributed by atoms with Gasteiger partial charge in [0.05, 0.1) is 29.0 Å². The second kappa shape index (κ2) is 6.69. The van der Waals surface area contributed by atoms with E-state index >= 15 is 0 Å². The fourth-order valence-electron chi connectivity index (χ4n) is 1.92. The highest BCUT2D eigenvalue weighted by molar-refractivity contribution is 5.65. The second-order valence-electron chi connectivity index (χ2n) is 4.80. The minimum absolute atomic E-state index is 0.0160. The largest absolute Gasteiger partial charge is 0.465 e. The molecule has 2 rings (SSSR count). The zero-order valence-corrected chi connectivity index (χ0v) is 12.5. The van der Waals surface area contributed by atoms with Crippen LogP contribution in [-0.2, 0) is 0 Å². The van der Waals surface area contributed by atoms with E-state index in [-0.39, 0.29) is 5.69 Å². The van der Waals surface area contributed by atoms with Crippen molar-refractivity contribution in [2.45, 2.75) is 13.0 Å². The van der Waals surface area contributed by atoms with E-state index in [0.717, 1.165) is 5.69 Å². The molecule has 2 aromatic rings. The Balaban J connectivity index is 2.15. The third-order valence-electron chi connectivity index (χ3n) is 3.22. The molecule has 1 heterocycles. The summed E-state index contributed by atoms with van der Waals surface area (Å²) in [4.78, 5) is 30.8. The highest BCUT2D eigenvalue weighted by atomic mass is 16.6. The van der Waals surface area contributed by atoms with Crippen LogP contribution in [0.25, 0.3) is 0 Å². The van der Waals surface area contributed by atoms with Crippen molar-refractivity contribution in [3.8, 4) is 0 Å². The second-order valence-corrected chi connectivity index (χ2v) is 4.80. The van der Waals surface area contributed by atoms with Crippen molar-refractivity contribution in [3.63, 3.8) is 0 Å². The molecule has 1 aromatic carbocycles. The molecule has 2 N–H and O–H groups in total. The molecule has 0 aliphatic rings. The predicted molar refractivity (Wildman–Crippen MR) is 82.8 cm³/mol. The first-order valence-corrected chi connectivity index (χ1v) is 6.68. The van der Waals surface area contributed by atoms with E-state index in [2.05, 4.69) is 15.3 Å². The topological polar surface area (TPSA) is 121 Å². The number of hydrogen-bond acceptors (Lipinski definition) is 6. The number of hydrogen-bond donors (Lipinski definition) is 2. The van der Waals surface area contributed by atoms with Gasteiger partial charge in [-0.05, 0) is 19.1 Å². The maximum atomic E-state index is 10.7. The van der Waals surface area contributed by atoms with Gasteiger partial charge in [0.25, 0.3) is 5.69 Å². The van der Waals surface area contributed by atoms with E-state index in [1.807, 2.05) is 0 Å². The summed E-state index contributed by atoms with van der Waals surface area (Å²) >= 11 is 0. The lowest BCUT2D eigenvalue weighted by atomic mass is 10.2. The Labute approximate surface area is 131 Å². The van der Waals surface area contributed by atoms with Gasteiger partial charge in [0.2, 0.25) is 0 Å². The number of carboxylic acid groups (broad SMARTS) is 1. The molecule has 9 nitrogen and oxygen atoms in total. The first-order valence-electron chi connectivity index (χ1n) is 6.68. The van der Waals surface area contributed by atoms with E-state index in [1.165, 1.54) is 12.1 Å². The molecule has 1 atom stereocenters. The summed E-state index contributed by atoms with van der Waals surface area (Å²) in [7, 11) is 1.78. The fraction of sp³-hybridized carbons (Fsp3) is 0.214. The molecule has 0 aliphatic carbocycles. The molecule has 1 aromatic heterocycles. The predicted octanol–water partition coefficient (Wildman–Crippen LogP) is 2.48. The average molecular weight is 317 g/mol. The van der Waals surface area contributed by atoms with Gasteiger partial charge in [-0.2, -0.15) is 0 Å². The Bertz CT molecular complexity index is 702. The van der Waals surface area contributed by atoms with Gasteiger partial charge in [0, 0.05) is 24.9 Å². The van der Waals surface area contributed by atoms with Crippen LogP contribution < -0.4 is 10.2 Å². The molecule has 0 bridgehead atoms. The van der Waals surface area contributed by atoms with E-state index < -0.39 is 17.1 Å². The summed E-state index contributed by atoms with van der Waals surface area (Å²) in [6.45, 7) is 1.64. The molecule has 0 fully saturated rings. The minimum atomic E-state index is -1.15. The molecule has 0 saturated heterocycles. The maximum absolute atomic E-state index is 10.7. The van der Waals surface area contributed by atoms with Crippen molar-refractivity contribution in [1.82, 2.24) is 15.3 Å². The first kappa shape index (κ1) is 16.1. The molecular formula is C14H15N5O4. The molecule has 0 aliphatic heterocycles. The van der Waals surface area contributed by atoms with Crippen LogP contribution in [0.15, 0.2) is 36.7 Å². The van der Waals surface area contributed by atoms with Crippen LogP contribution in [0, 0.1) is 10.1 Å². The molecule has 23 heavy (non-hydrogen) atoms. The minimum Gasteiger partial charge on any atom is -0.465 e. The highest BCUT2D eigenvalue weighted by Gasteiger charge is 2.13. The number of nitrogens with one attached hydrogen (secondary N) is 1. The number of nitro benzene ring substituents is 1. The van der Waals surface area contributed by atoms with Crippen LogP contribution in [0.5, 0.6) is 0 Å². The molecule has 0 saturated carbocycles. The number of carbonyl (C=O) groups is 1. The third-order valence-corrected chi connectivity index (χ3v) is 3.22. The number of benzene rings is 1. The summed E-state index contributed by atoms with van der Waals surface area (Å²) in [5.74, 6) is 0.355. The molecular weight excluding hydrogens is 302 g/mol. The Hall–Kier alpha value is -3.23. The lowest BCUT2D eigenvalue weighted by Gasteiger charge is -2.19. The monoisotopic (exact) mass is 317 g/mol. The lowest BCUT2D eigenvalue weighted by molar-refractivity contribution is -0.384. The standard InChI is InChI=1S/C14H15N5O4/c1-9(17-14(20)21)13-15-7-12(8-16-13)18(2)10-3-5-11(6-4-10)19(22)23/h3-9,17H,1-2H3,(H,20,21). The molecule has 0 radical (unpaired) electrons. The summed E-state index contributed by atoms with van der Waals surface area (Å²) in [6.07, 6.45) is 1.97. The number of aromatic nitrogens is 2. The van der Waals surface area contributed by atoms with E-state index in [1.54, 1.807) is 43.4 Å². The van der Waals surface area contributed by atoms with Gasteiger partial charge >= 0.3 is 6.09 Å². The van der Waals surface area contributed by atoms with Crippen molar-refractivity contribution < 1.29 is 14.8 Å². The van der Waals surface area contributed by atoms with Crippen LogP contribution in [0.3, 0.4) is 0 Å². The Morgan fingerprint density at radius 1 is 1.26 bits per heavy atom. The van der Waals surface area contributed by atoms with Crippen LogP contribution in [0.1, 0.15) is 18.8 Å². The zero-order chi connectivity index (χ0) is 17.0. The number of non-ortho nitro benzene ring substituents is 1. The zero-order valence-electron chi connectivity index (χ0n) is 12.5. The normalized spacial score (nSPS) is 11.6. The van der Waals surface area contributed by atoms with Gasteiger partial charge in [-0.25, -0.2) is 14.8 Å². The maximum Gasteiger partial charge on any atom is 0.405 e. The Morgan fingerprint density at radius 3 is 2.30 bits per heavy atom. The van der Waals surface area contributed by atoms with Crippen LogP contribution in [0.2, 0.25) is 0 Å². The van der Waals surface area contributed by atoms with E-state index in [0.29, 0.717) is 11.5 Å². The van der Waals surface area contributed by atoms with Crippen molar-refractivity contribution in [2.24, 2.45) is 0 Å². The number of nitrogens with zero attached hydrogens (tertiary/aromatic N) is 4. The number of anilines is 2. The molecule has 120 valence electrons. The highest BCUT2D eigenvalue weighted by Crippen LogP contribution is 2.24. The fourth-order valence-corrected chi connectivity index (χ4v) is 1.92. The molecule has 1 unspecified atom stereocenters. The van der Waals surface area contributed by atoms with Gasteiger partial charge in [0.1, 0.15) is 5.82 Å². The van der Waals surface area contributed by atoms with Gasteiger partial charge in [-0.1, -0.05) is 0 Å². The lowest BCUT2D eigenvalue weighted by Crippen LogP contribution is -2.26. The molecule has 1 amide bonds. The van der Waals surface area contributed by atoms with Gasteiger partial charge in [-0.3, -0.25) is 10.1 Å². The summed E-state index contributed by atoms with van der Waals surface area (Å²) in [6, 6.07) is 5.56. The van der Waals surface area contributed by atoms with Crippen LogP contribution >= 0.6 is 0 Å². The van der Waals surface area contributed by atoms with Crippen LogP contribution in [0.4, 0.5) is 21.9 Å². The smallest absolute Gasteiger partial charge is 0.405 e. The van der Waals surface area contributed by atoms with Crippen molar-refractivity contribution in [1.29, 1.82) is 0 Å². The Kier molecular flexibility index (Phi) is 4.69. The third kappa shape index (κ3) is 3.90. The number of amides is 1. The van der Waals surface area contributed by atoms with Crippen molar-refractivity contribution in [3.05, 3.63) is 52.6 Å². The number of rotatable bonds is 5. The first-order chi connectivity index (χ1) is 10.9. The Morgan fingerprint density at radius 2 is 1.83 bits per heavy atom. The quantitative estimate of drug-likeness (QED) is 0.641. The van der Waals surface area contributed by atoms with Crippen LogP contribution in [-0.4, -0.2) is 33.1 Å². The SMILES string of the molecule is CC(NC(=O)O)c1ncc(N(C)c2ccc([N+](=O)[O-])cc2)cn1. The van der Waals surface area contributed by atoms with Gasteiger partial charge in [-0.15, -0.1) is 0 Å². The van der Waals surface area contributed by atoms with Crippen molar-refractivity contribution in [2.75, 3.05) is 11.9 Å². The summed E-state index contributed by atoms with van der Waals surface area (Å²) < 4.78 is 0. The summed E-state index contributed by atoms with van der Waals surface area (Å²) in [5, 5.41) is 21.6. The van der Waals surface area contributed by atoms with E-state index in [9.17, 15) is 14.9 Å². The molecule has 0 spiro atoms. The summed E-state index contributed by atoms with van der Waals surface area (Å²) in [5.41, 5.74) is 1.43. The number of nitro groups is 1. The molecule has 9 heteroatoms.